The molecule has 0 radical (unpaired) electrons. The third kappa shape index (κ3) is 4.30. The fourth-order valence-electron chi connectivity index (χ4n) is 3.12. The van der Waals surface area contributed by atoms with E-state index in [9.17, 15) is 19.5 Å². The molecule has 0 aromatic heterocycles. The Bertz CT molecular complexity index is 736. The van der Waals surface area contributed by atoms with E-state index in [4.69, 9.17) is 14.2 Å². The number of ether oxygens (including phenoxy) is 3. The van der Waals surface area contributed by atoms with Crippen LogP contribution in [0.5, 0.6) is 11.5 Å². The van der Waals surface area contributed by atoms with Crippen LogP contribution in [0.3, 0.4) is 0 Å². The van der Waals surface area contributed by atoms with Crippen LogP contribution in [0.4, 0.5) is 5.69 Å². The van der Waals surface area contributed by atoms with Gasteiger partial charge < -0.3 is 29.5 Å². The van der Waals surface area contributed by atoms with Crippen molar-refractivity contribution in [1.82, 2.24) is 5.32 Å². The number of anilines is 1. The summed E-state index contributed by atoms with van der Waals surface area (Å²) in [5, 5.41) is 11.7. The number of methoxy groups -OCH3 is 1. The normalized spacial score (nSPS) is 19.7. The van der Waals surface area contributed by atoms with Gasteiger partial charge in [0, 0.05) is 44.9 Å². The van der Waals surface area contributed by atoms with E-state index in [0.717, 1.165) is 0 Å². The van der Waals surface area contributed by atoms with E-state index in [0.29, 0.717) is 30.4 Å². The lowest BCUT2D eigenvalue weighted by Crippen LogP contribution is -2.44. The van der Waals surface area contributed by atoms with Crippen molar-refractivity contribution in [3.63, 3.8) is 0 Å². The largest absolute Gasteiger partial charge is 0.486 e. The number of hydrogen-bond donors (Lipinski definition) is 2. The van der Waals surface area contributed by atoms with Gasteiger partial charge in [0.1, 0.15) is 19.3 Å². The number of hydrogen-bond acceptors (Lipinski definition) is 6. The quantitative estimate of drug-likeness (QED) is 0.706. The molecule has 2 heterocycles. The highest BCUT2D eigenvalue weighted by Crippen LogP contribution is 2.36. The van der Waals surface area contributed by atoms with Crippen LogP contribution in [0, 0.1) is 5.92 Å². The van der Waals surface area contributed by atoms with E-state index in [-0.39, 0.29) is 31.9 Å². The number of carbonyl (C=O) groups excluding carboxylic acids is 2. The predicted octanol–water partition coefficient (Wildman–Crippen LogP) is 0.417. The molecule has 2 aliphatic rings. The molecule has 2 atom stereocenters. The minimum Gasteiger partial charge on any atom is -0.486 e. The zero-order valence-electron chi connectivity index (χ0n) is 15.0. The molecule has 1 aromatic rings. The smallest absolute Gasteiger partial charge is 0.326 e. The lowest BCUT2D eigenvalue weighted by molar-refractivity contribution is -0.142. The van der Waals surface area contributed by atoms with Gasteiger partial charge in [0.25, 0.3) is 0 Å². The highest BCUT2D eigenvalue weighted by Gasteiger charge is 2.37. The average molecular weight is 378 g/mol. The van der Waals surface area contributed by atoms with Crippen LogP contribution in [-0.2, 0) is 19.1 Å². The summed E-state index contributed by atoms with van der Waals surface area (Å²) in [5.41, 5.74) is 0.619. The number of aliphatic carboxylic acids is 1. The first-order chi connectivity index (χ1) is 13.0. The summed E-state index contributed by atoms with van der Waals surface area (Å²) in [5.74, 6) is -1.22. The minimum absolute atomic E-state index is 0.0247. The number of fused-ring (bicyclic) bond motifs is 1. The maximum atomic E-state index is 12.4. The zero-order chi connectivity index (χ0) is 19.4. The average Bonchev–Trinajstić information content (AvgIpc) is 3.06. The van der Waals surface area contributed by atoms with Crippen molar-refractivity contribution in [2.24, 2.45) is 5.92 Å². The van der Waals surface area contributed by atoms with Crippen molar-refractivity contribution >= 4 is 23.5 Å². The SMILES string of the molecule is COCCC(NC(=O)C1CC(=O)N(c2ccc3c(c2)OCCO3)C1)C(=O)O. The zero-order valence-corrected chi connectivity index (χ0v) is 15.0. The van der Waals surface area contributed by atoms with Crippen LogP contribution >= 0.6 is 0 Å². The van der Waals surface area contributed by atoms with Crippen molar-refractivity contribution in [2.75, 3.05) is 38.4 Å². The Morgan fingerprint density at radius 2 is 2.07 bits per heavy atom. The fraction of sp³-hybridized carbons (Fsp3) is 0.500. The number of carbonyl (C=O) groups is 3. The van der Waals surface area contributed by atoms with Crippen LogP contribution in [0.1, 0.15) is 12.8 Å². The summed E-state index contributed by atoms with van der Waals surface area (Å²) in [6.07, 6.45) is 0.182. The van der Waals surface area contributed by atoms with Crippen molar-refractivity contribution in [3.8, 4) is 11.5 Å². The standard InChI is InChI=1S/C18H22N2O7/c1-25-5-4-13(18(23)24)19-17(22)11-8-16(21)20(10-11)12-2-3-14-15(9-12)27-7-6-26-14/h2-3,9,11,13H,4-8,10H2,1H3,(H,19,22)(H,23,24). The van der Waals surface area contributed by atoms with Gasteiger partial charge in [-0.1, -0.05) is 0 Å². The highest BCUT2D eigenvalue weighted by atomic mass is 16.6. The Labute approximate surface area is 156 Å². The number of rotatable bonds is 7. The molecule has 2 amide bonds. The number of carboxylic acids is 1. The highest BCUT2D eigenvalue weighted by molar-refractivity contribution is 6.01. The molecular formula is C18H22N2O7. The molecule has 1 saturated heterocycles. The molecule has 2 unspecified atom stereocenters. The third-order valence-corrected chi connectivity index (χ3v) is 4.56. The Morgan fingerprint density at radius 3 is 2.78 bits per heavy atom. The summed E-state index contributed by atoms with van der Waals surface area (Å²) in [6, 6.07) is 4.14. The number of benzene rings is 1. The second-order valence-corrected chi connectivity index (χ2v) is 6.41. The summed E-state index contributed by atoms with van der Waals surface area (Å²) < 4.78 is 15.9. The van der Waals surface area contributed by atoms with Crippen molar-refractivity contribution < 1.29 is 33.7 Å². The fourth-order valence-corrected chi connectivity index (χ4v) is 3.12. The molecule has 146 valence electrons. The molecule has 0 spiro atoms. The van der Waals surface area contributed by atoms with Gasteiger partial charge in [-0.15, -0.1) is 0 Å². The van der Waals surface area contributed by atoms with Gasteiger partial charge in [-0.2, -0.15) is 0 Å². The second kappa shape index (κ2) is 8.26. The van der Waals surface area contributed by atoms with Gasteiger partial charge in [-0.05, 0) is 12.1 Å². The van der Waals surface area contributed by atoms with Crippen molar-refractivity contribution in [2.45, 2.75) is 18.9 Å². The minimum atomic E-state index is -1.13. The van der Waals surface area contributed by atoms with E-state index in [1.165, 1.54) is 12.0 Å². The molecule has 0 saturated carbocycles. The summed E-state index contributed by atoms with van der Waals surface area (Å²) in [7, 11) is 1.46. The predicted molar refractivity (Wildman–Crippen MR) is 94.0 cm³/mol. The van der Waals surface area contributed by atoms with E-state index >= 15 is 0 Å². The van der Waals surface area contributed by atoms with Crippen LogP contribution in [-0.4, -0.2) is 62.4 Å². The first-order valence-electron chi connectivity index (χ1n) is 8.71. The van der Waals surface area contributed by atoms with Gasteiger partial charge in [0.15, 0.2) is 11.5 Å². The van der Waals surface area contributed by atoms with Crippen molar-refractivity contribution in [1.29, 1.82) is 0 Å². The van der Waals surface area contributed by atoms with Crippen LogP contribution in [0.2, 0.25) is 0 Å². The first kappa shape index (κ1) is 19.0. The Morgan fingerprint density at radius 1 is 1.33 bits per heavy atom. The molecule has 27 heavy (non-hydrogen) atoms. The maximum absolute atomic E-state index is 12.4. The monoisotopic (exact) mass is 378 g/mol. The molecule has 9 nitrogen and oxygen atoms in total. The molecule has 0 bridgehead atoms. The molecule has 2 aliphatic heterocycles. The van der Waals surface area contributed by atoms with E-state index in [1.807, 2.05) is 0 Å². The van der Waals surface area contributed by atoms with Crippen LogP contribution in [0.15, 0.2) is 18.2 Å². The van der Waals surface area contributed by atoms with Gasteiger partial charge in [-0.25, -0.2) is 4.79 Å². The molecule has 2 N–H and O–H groups in total. The first-order valence-corrected chi connectivity index (χ1v) is 8.71. The summed E-state index contributed by atoms with van der Waals surface area (Å²) in [4.78, 5) is 37.6. The van der Waals surface area contributed by atoms with Gasteiger partial charge in [0.05, 0.1) is 5.92 Å². The van der Waals surface area contributed by atoms with Gasteiger partial charge >= 0.3 is 5.97 Å². The number of nitrogens with zero attached hydrogens (tertiary/aromatic N) is 1. The van der Waals surface area contributed by atoms with E-state index in [2.05, 4.69) is 5.32 Å². The molecule has 3 rings (SSSR count). The lowest BCUT2D eigenvalue weighted by atomic mass is 10.1. The summed E-state index contributed by atoms with van der Waals surface area (Å²) >= 11 is 0. The Hall–Kier alpha value is -2.81. The molecule has 1 fully saturated rings. The van der Waals surface area contributed by atoms with Crippen LogP contribution in [0.25, 0.3) is 0 Å². The number of amides is 2. The van der Waals surface area contributed by atoms with E-state index < -0.39 is 23.8 Å². The Balaban J connectivity index is 1.66. The second-order valence-electron chi connectivity index (χ2n) is 6.41. The summed E-state index contributed by atoms with van der Waals surface area (Å²) in [6.45, 7) is 1.31. The third-order valence-electron chi connectivity index (χ3n) is 4.56. The molecule has 1 aromatic carbocycles. The molecule has 0 aliphatic carbocycles. The maximum Gasteiger partial charge on any atom is 0.326 e. The Kier molecular flexibility index (Phi) is 5.80. The number of carboxylic acid groups (broad SMARTS) is 1. The topological polar surface area (TPSA) is 114 Å². The van der Waals surface area contributed by atoms with Gasteiger partial charge in [-0.3, -0.25) is 9.59 Å². The molecular weight excluding hydrogens is 356 g/mol. The molecule has 9 heteroatoms. The van der Waals surface area contributed by atoms with E-state index in [1.54, 1.807) is 18.2 Å². The van der Waals surface area contributed by atoms with Crippen LogP contribution < -0.4 is 19.7 Å². The van der Waals surface area contributed by atoms with Gasteiger partial charge in [0.2, 0.25) is 11.8 Å². The van der Waals surface area contributed by atoms with Crippen molar-refractivity contribution in [3.05, 3.63) is 18.2 Å². The lowest BCUT2D eigenvalue weighted by Gasteiger charge is -2.22. The number of nitrogens with one attached hydrogen (secondary N) is 1.